The number of amides is 1. The minimum absolute atomic E-state index is 0.0471. The van der Waals surface area contributed by atoms with Gasteiger partial charge in [-0.3, -0.25) is 4.79 Å². The first-order valence-corrected chi connectivity index (χ1v) is 12.4. The molecular formula is C24H22F2N4O2S2. The van der Waals surface area contributed by atoms with Crippen LogP contribution >= 0.6 is 23.1 Å². The fraction of sp³-hybridized carbons (Fsp3) is 0.208. The molecule has 0 radical (unpaired) electrons. The van der Waals surface area contributed by atoms with Gasteiger partial charge in [0.2, 0.25) is 5.91 Å². The van der Waals surface area contributed by atoms with E-state index in [1.807, 2.05) is 34.2 Å². The number of carbonyl (C=O) groups excluding carboxylic acids is 1. The van der Waals surface area contributed by atoms with Crippen LogP contribution in [0.1, 0.15) is 16.3 Å². The maximum atomic E-state index is 12.6. The Balaban J connectivity index is 1.44. The number of aromatic nitrogens is 3. The minimum Gasteiger partial charge on any atom is -0.433 e. The fourth-order valence-electron chi connectivity index (χ4n) is 3.32. The zero-order valence-electron chi connectivity index (χ0n) is 18.1. The third-order valence-corrected chi connectivity index (χ3v) is 6.73. The molecule has 2 aromatic heterocycles. The number of para-hydroxylation sites is 2. The normalized spacial score (nSPS) is 11.0. The number of anilines is 1. The summed E-state index contributed by atoms with van der Waals surface area (Å²) in [6.07, 6.45) is 1.46. The van der Waals surface area contributed by atoms with Gasteiger partial charge in [0.25, 0.3) is 0 Å². The van der Waals surface area contributed by atoms with Gasteiger partial charge in [0.05, 0.1) is 11.4 Å². The summed E-state index contributed by atoms with van der Waals surface area (Å²) in [6.45, 7) is -2.30. The van der Waals surface area contributed by atoms with Crippen molar-refractivity contribution in [1.29, 1.82) is 0 Å². The minimum atomic E-state index is -2.97. The number of hydrogen-bond donors (Lipinski definition) is 1. The van der Waals surface area contributed by atoms with Crippen LogP contribution < -0.4 is 10.1 Å². The second-order valence-electron chi connectivity index (χ2n) is 7.25. The highest BCUT2D eigenvalue weighted by atomic mass is 32.2. The lowest BCUT2D eigenvalue weighted by Crippen LogP contribution is -2.16. The quantitative estimate of drug-likeness (QED) is 0.275. The maximum Gasteiger partial charge on any atom is 0.387 e. The van der Waals surface area contributed by atoms with Crippen molar-refractivity contribution in [1.82, 2.24) is 14.8 Å². The van der Waals surface area contributed by atoms with Gasteiger partial charge in [-0.2, -0.15) is 8.78 Å². The van der Waals surface area contributed by atoms with Gasteiger partial charge in [-0.15, -0.1) is 21.5 Å². The smallest absolute Gasteiger partial charge is 0.387 e. The van der Waals surface area contributed by atoms with Crippen LogP contribution in [0.15, 0.2) is 77.3 Å². The van der Waals surface area contributed by atoms with Gasteiger partial charge in [0, 0.05) is 17.8 Å². The first kappa shape index (κ1) is 23.9. The molecule has 6 nitrogen and oxygen atoms in total. The number of benzene rings is 2. The first-order valence-electron chi connectivity index (χ1n) is 10.5. The lowest BCUT2D eigenvalue weighted by atomic mass is 10.1. The Labute approximate surface area is 204 Å². The molecule has 176 valence electrons. The molecule has 4 rings (SSSR count). The Morgan fingerprint density at radius 3 is 2.62 bits per heavy atom. The molecule has 1 N–H and O–H groups in total. The second kappa shape index (κ2) is 11.8. The van der Waals surface area contributed by atoms with Crippen LogP contribution in [0.3, 0.4) is 0 Å². The van der Waals surface area contributed by atoms with E-state index in [1.165, 1.54) is 34.3 Å². The average molecular weight is 501 g/mol. The van der Waals surface area contributed by atoms with E-state index in [9.17, 15) is 13.6 Å². The molecule has 0 unspecified atom stereocenters. The molecule has 2 aromatic carbocycles. The van der Waals surface area contributed by atoms with Crippen molar-refractivity contribution in [2.45, 2.75) is 31.2 Å². The van der Waals surface area contributed by atoms with Gasteiger partial charge < -0.3 is 14.6 Å². The molecule has 0 aliphatic rings. The van der Waals surface area contributed by atoms with Crippen LogP contribution in [0.5, 0.6) is 5.75 Å². The summed E-state index contributed by atoms with van der Waals surface area (Å²) >= 11 is 2.91. The molecule has 34 heavy (non-hydrogen) atoms. The zero-order chi connectivity index (χ0) is 23.8. The number of ether oxygens (including phenoxy) is 1. The van der Waals surface area contributed by atoms with Gasteiger partial charge >= 0.3 is 6.61 Å². The molecule has 4 aromatic rings. The first-order chi connectivity index (χ1) is 16.6. The van der Waals surface area contributed by atoms with Crippen molar-refractivity contribution >= 4 is 34.7 Å². The summed E-state index contributed by atoms with van der Waals surface area (Å²) in [5.74, 6) is 0.440. The van der Waals surface area contributed by atoms with Crippen LogP contribution in [-0.2, 0) is 24.2 Å². The maximum absolute atomic E-state index is 12.6. The number of aryl methyl sites for hydroxylation is 1. The topological polar surface area (TPSA) is 69.0 Å². The molecule has 10 heteroatoms. The summed E-state index contributed by atoms with van der Waals surface area (Å²) in [6, 6.07) is 20.3. The molecule has 0 aliphatic heterocycles. The highest BCUT2D eigenvalue weighted by Gasteiger charge is 2.17. The van der Waals surface area contributed by atoms with Crippen molar-refractivity contribution in [2.24, 2.45) is 0 Å². The Hall–Kier alpha value is -3.24. The van der Waals surface area contributed by atoms with Crippen molar-refractivity contribution in [2.75, 3.05) is 11.1 Å². The molecule has 0 atom stereocenters. The van der Waals surface area contributed by atoms with Crippen LogP contribution in [0.2, 0.25) is 0 Å². The predicted octanol–water partition coefficient (Wildman–Crippen LogP) is 5.51. The molecule has 0 saturated carbocycles. The highest BCUT2D eigenvalue weighted by molar-refractivity contribution is 7.99. The van der Waals surface area contributed by atoms with E-state index >= 15 is 0 Å². The number of thiophene rings is 1. The lowest BCUT2D eigenvalue weighted by Gasteiger charge is -2.12. The van der Waals surface area contributed by atoms with Gasteiger partial charge in [-0.05, 0) is 35.6 Å². The van der Waals surface area contributed by atoms with Gasteiger partial charge in [-0.25, -0.2) is 0 Å². The van der Waals surface area contributed by atoms with Crippen LogP contribution in [0.4, 0.5) is 14.5 Å². The van der Waals surface area contributed by atoms with Crippen LogP contribution in [-0.4, -0.2) is 33.0 Å². The SMILES string of the molecule is O=C(CSc1nnc(Cc2cccs2)n1CCc1ccccc1)Nc1ccccc1OC(F)F. The van der Waals surface area contributed by atoms with E-state index in [2.05, 4.69) is 38.5 Å². The lowest BCUT2D eigenvalue weighted by molar-refractivity contribution is -0.113. The average Bonchev–Trinajstić information content (AvgIpc) is 3.48. The van der Waals surface area contributed by atoms with Gasteiger partial charge in [0.1, 0.15) is 11.6 Å². The van der Waals surface area contributed by atoms with E-state index in [0.29, 0.717) is 18.1 Å². The highest BCUT2D eigenvalue weighted by Crippen LogP contribution is 2.26. The van der Waals surface area contributed by atoms with E-state index in [0.717, 1.165) is 12.2 Å². The largest absolute Gasteiger partial charge is 0.433 e. The van der Waals surface area contributed by atoms with E-state index < -0.39 is 6.61 Å². The van der Waals surface area contributed by atoms with Gasteiger partial charge in [0.15, 0.2) is 5.16 Å². The summed E-state index contributed by atoms with van der Waals surface area (Å²) in [5.41, 5.74) is 1.39. The molecule has 2 heterocycles. The Morgan fingerprint density at radius 1 is 1.06 bits per heavy atom. The summed E-state index contributed by atoms with van der Waals surface area (Å²) < 4.78 is 31.8. The predicted molar refractivity (Wildman–Crippen MR) is 130 cm³/mol. The molecule has 0 bridgehead atoms. The van der Waals surface area contributed by atoms with Crippen LogP contribution in [0, 0.1) is 0 Å². The molecule has 0 saturated heterocycles. The van der Waals surface area contributed by atoms with Gasteiger partial charge in [-0.1, -0.05) is 60.3 Å². The molecule has 0 aliphatic carbocycles. The molecular weight excluding hydrogens is 478 g/mol. The van der Waals surface area contributed by atoms with Crippen LogP contribution in [0.25, 0.3) is 0 Å². The van der Waals surface area contributed by atoms with Crippen molar-refractivity contribution in [3.05, 3.63) is 88.4 Å². The number of nitrogens with zero attached hydrogens (tertiary/aromatic N) is 3. The number of hydrogen-bond acceptors (Lipinski definition) is 6. The van der Waals surface area contributed by atoms with Crippen molar-refractivity contribution < 1.29 is 18.3 Å². The molecule has 1 amide bonds. The third-order valence-electron chi connectivity index (χ3n) is 4.88. The number of thioether (sulfide) groups is 1. The number of carbonyl (C=O) groups is 1. The number of alkyl halides is 2. The third kappa shape index (κ3) is 6.64. The van der Waals surface area contributed by atoms with E-state index in [4.69, 9.17) is 0 Å². The summed E-state index contributed by atoms with van der Waals surface area (Å²) in [5, 5.41) is 14.0. The fourth-order valence-corrected chi connectivity index (χ4v) is 4.81. The van der Waals surface area contributed by atoms with E-state index in [1.54, 1.807) is 23.5 Å². The van der Waals surface area contributed by atoms with Crippen molar-refractivity contribution in [3.8, 4) is 5.75 Å². The number of halogens is 2. The van der Waals surface area contributed by atoms with Crippen molar-refractivity contribution in [3.63, 3.8) is 0 Å². The second-order valence-corrected chi connectivity index (χ2v) is 9.23. The standard InChI is InChI=1S/C24H22F2N4O2S2/c25-23(26)32-20-11-5-4-10-19(20)27-22(31)16-34-24-29-28-21(15-18-9-6-14-33-18)30(24)13-12-17-7-2-1-3-8-17/h1-11,14,23H,12-13,15-16H2,(H,27,31). The monoisotopic (exact) mass is 500 g/mol. The number of nitrogens with one attached hydrogen (secondary N) is 1. The summed E-state index contributed by atoms with van der Waals surface area (Å²) in [4.78, 5) is 13.7. The zero-order valence-corrected chi connectivity index (χ0v) is 19.7. The van der Waals surface area contributed by atoms with E-state index in [-0.39, 0.29) is 23.1 Å². The Bertz CT molecular complexity index is 1200. The Kier molecular flexibility index (Phi) is 8.26. The molecule has 0 spiro atoms. The summed E-state index contributed by atoms with van der Waals surface area (Å²) in [7, 11) is 0. The number of rotatable bonds is 11. The molecule has 0 fully saturated rings. The Morgan fingerprint density at radius 2 is 1.85 bits per heavy atom.